The van der Waals surface area contributed by atoms with E-state index in [-0.39, 0.29) is 12.7 Å². The molecule has 2 atom stereocenters. The first-order chi connectivity index (χ1) is 15.1. The monoisotopic (exact) mass is 444 g/mol. The van der Waals surface area contributed by atoms with Crippen molar-refractivity contribution in [3.8, 4) is 5.75 Å². The quantitative estimate of drug-likeness (QED) is 0.397. The Hall–Kier alpha value is -2.38. The van der Waals surface area contributed by atoms with Crippen LogP contribution in [0.1, 0.15) is 17.5 Å². The van der Waals surface area contributed by atoms with E-state index in [4.69, 9.17) is 25.9 Å². The maximum Gasteiger partial charge on any atom is 0.145 e. The average molecular weight is 445 g/mol. The topological polar surface area (TPSA) is 63.5 Å². The van der Waals surface area contributed by atoms with Gasteiger partial charge in [0.15, 0.2) is 0 Å². The summed E-state index contributed by atoms with van der Waals surface area (Å²) >= 11 is 5.98. The summed E-state index contributed by atoms with van der Waals surface area (Å²) < 4.78 is 10.7. The van der Waals surface area contributed by atoms with Crippen molar-refractivity contribution in [3.63, 3.8) is 0 Å². The second kappa shape index (κ2) is 11.9. The molecular weight excluding hydrogens is 416 g/mol. The Kier molecular flexibility index (Phi) is 8.91. The molecule has 0 spiro atoms. The van der Waals surface area contributed by atoms with Crippen molar-refractivity contribution in [1.29, 1.82) is 0 Å². The third-order valence-electron chi connectivity index (χ3n) is 4.93. The van der Waals surface area contributed by atoms with Gasteiger partial charge in [0.2, 0.25) is 0 Å². The minimum atomic E-state index is -0.622. The van der Waals surface area contributed by atoms with Gasteiger partial charge in [0.05, 0.1) is 32.1 Å². The highest BCUT2D eigenvalue weighted by atomic mass is 35.5. The first kappa shape index (κ1) is 23.3. The van der Waals surface area contributed by atoms with Crippen molar-refractivity contribution < 1.29 is 19.4 Å². The molecule has 0 fully saturated rings. The maximum atomic E-state index is 10.4. The highest BCUT2D eigenvalue weighted by molar-refractivity contribution is 6.30. The Bertz CT molecular complexity index is 872. The fourth-order valence-corrected chi connectivity index (χ4v) is 3.62. The molecule has 0 unspecified atom stereocenters. The smallest absolute Gasteiger partial charge is 0.145 e. The van der Waals surface area contributed by atoms with Crippen molar-refractivity contribution >= 4 is 17.3 Å². The van der Waals surface area contributed by atoms with E-state index in [1.165, 1.54) is 0 Å². The molecule has 1 aliphatic rings. The normalized spacial score (nSPS) is 16.6. The molecule has 7 heteroatoms. The number of aliphatic hydroxyl groups excluding tert-OH is 1. The molecule has 1 N–H and O–H groups in total. The lowest BCUT2D eigenvalue weighted by Gasteiger charge is -2.27. The third kappa shape index (κ3) is 7.36. The number of oxime groups is 1. The first-order valence-electron chi connectivity index (χ1n) is 10.3. The van der Waals surface area contributed by atoms with Crippen LogP contribution in [-0.2, 0) is 16.1 Å². The van der Waals surface area contributed by atoms with Crippen molar-refractivity contribution in [2.24, 2.45) is 5.16 Å². The van der Waals surface area contributed by atoms with Crippen molar-refractivity contribution in [2.45, 2.75) is 25.2 Å². The van der Waals surface area contributed by atoms with Crippen LogP contribution in [-0.4, -0.2) is 61.3 Å². The molecule has 0 aliphatic carbocycles. The van der Waals surface area contributed by atoms with Gasteiger partial charge in [-0.1, -0.05) is 47.1 Å². The number of ether oxygens (including phenoxy) is 2. The number of methoxy groups -OCH3 is 1. The zero-order valence-electron chi connectivity index (χ0n) is 17.7. The van der Waals surface area contributed by atoms with Gasteiger partial charge in [-0.05, 0) is 35.4 Å². The highest BCUT2D eigenvalue weighted by Gasteiger charge is 2.26. The summed E-state index contributed by atoms with van der Waals surface area (Å²) in [4.78, 5) is 7.86. The number of hydrogen-bond donors (Lipinski definition) is 1. The highest BCUT2D eigenvalue weighted by Crippen LogP contribution is 2.21. The molecule has 31 heavy (non-hydrogen) atoms. The van der Waals surface area contributed by atoms with Gasteiger partial charge in [0.1, 0.15) is 11.9 Å². The lowest BCUT2D eigenvalue weighted by atomic mass is 10.0. The van der Waals surface area contributed by atoms with Crippen LogP contribution in [0.5, 0.6) is 5.75 Å². The molecule has 6 nitrogen and oxygen atoms in total. The molecule has 1 heterocycles. The summed E-state index contributed by atoms with van der Waals surface area (Å²) in [5, 5.41) is 15.4. The summed E-state index contributed by atoms with van der Waals surface area (Å²) in [5.41, 5.74) is 3.00. The molecule has 0 radical (unpaired) electrons. The van der Waals surface area contributed by atoms with Crippen LogP contribution in [0, 0.1) is 0 Å². The third-order valence-corrected chi connectivity index (χ3v) is 5.18. The molecule has 3 rings (SSSR count). The van der Waals surface area contributed by atoms with E-state index in [0.29, 0.717) is 37.7 Å². The number of halogens is 1. The van der Waals surface area contributed by atoms with E-state index in [0.717, 1.165) is 22.6 Å². The molecule has 0 saturated carbocycles. The Morgan fingerprint density at radius 1 is 1.32 bits per heavy atom. The van der Waals surface area contributed by atoms with Crippen LogP contribution < -0.4 is 4.74 Å². The Morgan fingerprint density at radius 2 is 2.13 bits per heavy atom. The van der Waals surface area contributed by atoms with Gasteiger partial charge in [-0.2, -0.15) is 0 Å². The fraction of sp³-hybridized carbons (Fsp3) is 0.375. The van der Waals surface area contributed by atoms with Crippen LogP contribution in [0.15, 0.2) is 66.3 Å². The van der Waals surface area contributed by atoms with E-state index in [2.05, 4.69) is 16.6 Å². The lowest BCUT2D eigenvalue weighted by Crippen LogP contribution is -2.39. The van der Waals surface area contributed by atoms with E-state index in [9.17, 15) is 5.11 Å². The Morgan fingerprint density at radius 3 is 2.87 bits per heavy atom. The minimum absolute atomic E-state index is 0.0995. The summed E-state index contributed by atoms with van der Waals surface area (Å²) in [6.07, 6.45) is 1.64. The van der Waals surface area contributed by atoms with Crippen molar-refractivity contribution in [2.75, 3.05) is 33.4 Å². The van der Waals surface area contributed by atoms with Gasteiger partial charge in [-0.3, -0.25) is 4.90 Å². The van der Waals surface area contributed by atoms with Crippen LogP contribution in [0.25, 0.3) is 0 Å². The van der Waals surface area contributed by atoms with E-state index >= 15 is 0 Å². The van der Waals surface area contributed by atoms with Gasteiger partial charge < -0.3 is 19.4 Å². The van der Waals surface area contributed by atoms with Gasteiger partial charge in [-0.15, -0.1) is 6.58 Å². The van der Waals surface area contributed by atoms with Crippen molar-refractivity contribution in [1.82, 2.24) is 4.90 Å². The van der Waals surface area contributed by atoms with Gasteiger partial charge in [-0.25, -0.2) is 0 Å². The van der Waals surface area contributed by atoms with Gasteiger partial charge in [0.25, 0.3) is 0 Å². The number of hydrogen-bond acceptors (Lipinski definition) is 6. The van der Waals surface area contributed by atoms with Gasteiger partial charge in [0, 0.05) is 31.1 Å². The van der Waals surface area contributed by atoms with Crippen LogP contribution in [0.3, 0.4) is 0 Å². The van der Waals surface area contributed by atoms with Crippen LogP contribution >= 0.6 is 11.6 Å². The second-order valence-electron chi connectivity index (χ2n) is 7.50. The maximum absolute atomic E-state index is 10.4. The van der Waals surface area contributed by atoms with E-state index in [1.54, 1.807) is 13.2 Å². The standard InChI is InChI=1S/C24H29ClN2O4/c1-3-11-30-17-21(28)15-27(14-18-5-4-6-22(12-18)29-2)16-23-13-24(26-31-23)19-7-9-20(25)10-8-19/h3-10,12,21,23,28H,1,11,13-17H2,2H3/t21-,23+/m1/s1. The van der Waals surface area contributed by atoms with Crippen molar-refractivity contribution in [3.05, 3.63) is 77.3 Å². The summed E-state index contributed by atoms with van der Waals surface area (Å²) in [6.45, 7) is 6.01. The van der Waals surface area contributed by atoms with E-state index in [1.807, 2.05) is 48.5 Å². The predicted molar refractivity (Wildman–Crippen MR) is 123 cm³/mol. The first-order valence-corrected chi connectivity index (χ1v) is 10.7. The summed E-state index contributed by atoms with van der Waals surface area (Å²) in [7, 11) is 1.65. The van der Waals surface area contributed by atoms with Gasteiger partial charge >= 0.3 is 0 Å². The van der Waals surface area contributed by atoms with Crippen LogP contribution in [0.2, 0.25) is 5.02 Å². The number of benzene rings is 2. The molecule has 166 valence electrons. The molecule has 2 aromatic rings. The number of nitrogens with zero attached hydrogens (tertiary/aromatic N) is 2. The number of aliphatic hydroxyl groups is 1. The zero-order chi connectivity index (χ0) is 22.1. The molecule has 0 amide bonds. The molecule has 0 bridgehead atoms. The molecule has 0 saturated heterocycles. The predicted octanol–water partition coefficient (Wildman–Crippen LogP) is 3.91. The van der Waals surface area contributed by atoms with Crippen LogP contribution in [0.4, 0.5) is 0 Å². The number of rotatable bonds is 12. The zero-order valence-corrected chi connectivity index (χ0v) is 18.5. The molecular formula is C24H29ClN2O4. The fourth-order valence-electron chi connectivity index (χ4n) is 3.50. The molecule has 2 aromatic carbocycles. The summed E-state index contributed by atoms with van der Waals surface area (Å²) in [6, 6.07) is 15.5. The second-order valence-corrected chi connectivity index (χ2v) is 7.94. The SMILES string of the molecule is C=CCOC[C@H](O)CN(Cc1cccc(OC)c1)C[C@@H]1CC(c2ccc(Cl)cc2)=NO1. The Balaban J connectivity index is 1.63. The Labute approximate surface area is 188 Å². The largest absolute Gasteiger partial charge is 0.497 e. The lowest BCUT2D eigenvalue weighted by molar-refractivity contribution is 0.00335. The summed E-state index contributed by atoms with van der Waals surface area (Å²) in [5.74, 6) is 0.804. The molecule has 1 aliphatic heterocycles. The minimum Gasteiger partial charge on any atom is -0.497 e. The van der Waals surface area contributed by atoms with E-state index < -0.39 is 6.10 Å². The average Bonchev–Trinajstić information content (AvgIpc) is 3.23. The molecule has 0 aromatic heterocycles.